The predicted molar refractivity (Wildman–Crippen MR) is 159 cm³/mol. The summed E-state index contributed by atoms with van der Waals surface area (Å²) in [5.74, 6) is -0.206. The van der Waals surface area contributed by atoms with Crippen LogP contribution in [0.25, 0.3) is 0 Å². The highest BCUT2D eigenvalue weighted by atomic mass is 16.6. The van der Waals surface area contributed by atoms with Crippen molar-refractivity contribution < 1.29 is 19.4 Å². The van der Waals surface area contributed by atoms with Crippen LogP contribution in [0.4, 0.5) is 0 Å². The number of unbranched alkanes of at least 4 members (excludes halogenated alkanes) is 20. The van der Waals surface area contributed by atoms with Crippen molar-refractivity contribution in [3.8, 4) is 0 Å². The van der Waals surface area contributed by atoms with Gasteiger partial charge in [-0.05, 0) is 38.5 Å². The molecule has 1 atom stereocenters. The molecule has 0 aromatic carbocycles. The largest absolute Gasteiger partial charge is 0.457 e. The van der Waals surface area contributed by atoms with Gasteiger partial charge in [-0.15, -0.1) is 0 Å². The minimum absolute atomic E-state index is 0.169. The van der Waals surface area contributed by atoms with Crippen LogP contribution in [0.15, 0.2) is 12.2 Å². The van der Waals surface area contributed by atoms with E-state index in [1.165, 1.54) is 128 Å². The van der Waals surface area contributed by atoms with E-state index in [0.29, 0.717) is 19.6 Å². The molecule has 0 aromatic rings. The number of rotatable bonds is 30. The quantitative estimate of drug-likeness (QED) is 0.0577. The smallest absolute Gasteiger partial charge is 0.306 e. The molecule has 0 bridgehead atoms. The first-order valence-corrected chi connectivity index (χ1v) is 16.3. The lowest BCUT2D eigenvalue weighted by Crippen LogP contribution is -2.27. The van der Waals surface area contributed by atoms with E-state index in [1.807, 2.05) is 0 Å². The Morgan fingerprint density at radius 2 is 1.05 bits per heavy atom. The third kappa shape index (κ3) is 29.5. The van der Waals surface area contributed by atoms with Gasteiger partial charge in [-0.3, -0.25) is 4.79 Å². The van der Waals surface area contributed by atoms with Gasteiger partial charge in [0.05, 0.1) is 13.2 Å². The highest BCUT2D eigenvalue weighted by Gasteiger charge is 2.13. The van der Waals surface area contributed by atoms with Gasteiger partial charge in [-0.2, -0.15) is 0 Å². The van der Waals surface area contributed by atoms with Gasteiger partial charge < -0.3 is 14.6 Å². The summed E-state index contributed by atoms with van der Waals surface area (Å²) in [7, 11) is 0. The van der Waals surface area contributed by atoms with Gasteiger partial charge in [0, 0.05) is 13.0 Å². The Hall–Kier alpha value is -0.870. The Balaban J connectivity index is 3.43. The number of ether oxygens (including phenoxy) is 2. The Morgan fingerprint density at radius 3 is 1.54 bits per heavy atom. The molecule has 0 heterocycles. The molecule has 0 spiro atoms. The summed E-state index contributed by atoms with van der Waals surface area (Å²) >= 11 is 0. The zero-order valence-electron chi connectivity index (χ0n) is 25.0. The number of aliphatic hydroxyl groups is 1. The summed E-state index contributed by atoms with van der Waals surface area (Å²) < 4.78 is 11.0. The predicted octanol–water partition coefficient (Wildman–Crippen LogP) is 9.87. The molecule has 4 nitrogen and oxygen atoms in total. The van der Waals surface area contributed by atoms with Crippen LogP contribution < -0.4 is 0 Å². The summed E-state index contributed by atoms with van der Waals surface area (Å²) in [5.41, 5.74) is 0. The summed E-state index contributed by atoms with van der Waals surface area (Å²) in [6.45, 7) is 5.32. The van der Waals surface area contributed by atoms with Crippen molar-refractivity contribution in [3.63, 3.8) is 0 Å². The van der Waals surface area contributed by atoms with Crippen molar-refractivity contribution in [2.45, 2.75) is 174 Å². The molecule has 37 heavy (non-hydrogen) atoms. The van der Waals surface area contributed by atoms with Gasteiger partial charge in [0.15, 0.2) is 0 Å². The second-order valence-corrected chi connectivity index (χ2v) is 10.9. The second kappa shape index (κ2) is 31.3. The minimum Gasteiger partial charge on any atom is -0.457 e. The van der Waals surface area contributed by atoms with Gasteiger partial charge in [0.1, 0.15) is 6.10 Å². The van der Waals surface area contributed by atoms with Gasteiger partial charge in [0.25, 0.3) is 0 Å². The number of hydrogen-bond donors (Lipinski definition) is 1. The van der Waals surface area contributed by atoms with E-state index < -0.39 is 6.10 Å². The van der Waals surface area contributed by atoms with E-state index in [0.717, 1.165) is 19.3 Å². The van der Waals surface area contributed by atoms with Crippen molar-refractivity contribution in [2.75, 3.05) is 19.8 Å². The molecule has 0 rings (SSSR count). The third-order valence-corrected chi connectivity index (χ3v) is 7.09. The zero-order chi connectivity index (χ0) is 27.1. The number of hydrogen-bond acceptors (Lipinski definition) is 4. The van der Waals surface area contributed by atoms with Crippen molar-refractivity contribution in [1.82, 2.24) is 0 Å². The Labute approximate surface area is 231 Å². The minimum atomic E-state index is -0.526. The molecule has 0 saturated heterocycles. The monoisotopic (exact) mass is 524 g/mol. The highest BCUT2D eigenvalue weighted by Crippen LogP contribution is 2.12. The van der Waals surface area contributed by atoms with Gasteiger partial charge >= 0.3 is 5.97 Å². The SMILES string of the molecule is CCCCCCCC/C=C\CCCCCCCCCC(=O)OC(CO)COCCCCCCCCCC. The molecule has 0 radical (unpaired) electrons. The maximum absolute atomic E-state index is 12.1. The molecule has 0 aliphatic heterocycles. The van der Waals surface area contributed by atoms with Gasteiger partial charge in [0.2, 0.25) is 0 Å². The first-order valence-electron chi connectivity index (χ1n) is 16.3. The fourth-order valence-corrected chi connectivity index (χ4v) is 4.62. The van der Waals surface area contributed by atoms with Crippen LogP contribution in [-0.4, -0.2) is 37.0 Å². The lowest BCUT2D eigenvalue weighted by atomic mass is 10.1. The molecule has 4 heteroatoms. The maximum atomic E-state index is 12.1. The molecule has 1 unspecified atom stereocenters. The Morgan fingerprint density at radius 1 is 0.622 bits per heavy atom. The van der Waals surface area contributed by atoms with Crippen molar-refractivity contribution >= 4 is 5.97 Å². The third-order valence-electron chi connectivity index (χ3n) is 7.09. The number of carbonyl (C=O) groups excluding carboxylic acids is 1. The van der Waals surface area contributed by atoms with Gasteiger partial charge in [-0.1, -0.05) is 135 Å². The molecular formula is C33H64O4. The van der Waals surface area contributed by atoms with Crippen LogP contribution in [0, 0.1) is 0 Å². The molecule has 0 aliphatic rings. The average Bonchev–Trinajstić information content (AvgIpc) is 2.90. The Kier molecular flexibility index (Phi) is 30.6. The van der Waals surface area contributed by atoms with Crippen LogP contribution in [0.5, 0.6) is 0 Å². The summed E-state index contributed by atoms with van der Waals surface area (Å²) in [4.78, 5) is 12.1. The van der Waals surface area contributed by atoms with E-state index in [2.05, 4.69) is 26.0 Å². The maximum Gasteiger partial charge on any atom is 0.306 e. The Bertz CT molecular complexity index is 477. The fourth-order valence-electron chi connectivity index (χ4n) is 4.62. The van der Waals surface area contributed by atoms with E-state index >= 15 is 0 Å². The van der Waals surface area contributed by atoms with E-state index in [4.69, 9.17) is 9.47 Å². The number of esters is 1. The molecule has 1 N–H and O–H groups in total. The first kappa shape index (κ1) is 36.1. The number of carbonyl (C=O) groups is 1. The van der Waals surface area contributed by atoms with Crippen molar-refractivity contribution in [1.29, 1.82) is 0 Å². The first-order chi connectivity index (χ1) is 18.2. The summed E-state index contributed by atoms with van der Waals surface area (Å²) in [6, 6.07) is 0. The zero-order valence-corrected chi connectivity index (χ0v) is 25.0. The van der Waals surface area contributed by atoms with E-state index in [1.54, 1.807) is 0 Å². The van der Waals surface area contributed by atoms with E-state index in [9.17, 15) is 9.90 Å². The second-order valence-electron chi connectivity index (χ2n) is 10.9. The molecule has 0 saturated carbocycles. The van der Waals surface area contributed by atoms with E-state index in [-0.39, 0.29) is 12.6 Å². The van der Waals surface area contributed by atoms with Crippen LogP contribution in [-0.2, 0) is 14.3 Å². The molecule has 0 aliphatic carbocycles. The van der Waals surface area contributed by atoms with Crippen LogP contribution in [0.1, 0.15) is 168 Å². The lowest BCUT2D eigenvalue weighted by Gasteiger charge is -2.15. The van der Waals surface area contributed by atoms with Crippen LogP contribution in [0.3, 0.4) is 0 Å². The van der Waals surface area contributed by atoms with Crippen molar-refractivity contribution in [2.24, 2.45) is 0 Å². The summed E-state index contributed by atoms with van der Waals surface area (Å²) in [6.07, 6.45) is 33.8. The fraction of sp³-hybridized carbons (Fsp3) is 0.909. The van der Waals surface area contributed by atoms with Crippen LogP contribution >= 0.6 is 0 Å². The average molecular weight is 525 g/mol. The highest BCUT2D eigenvalue weighted by molar-refractivity contribution is 5.69. The van der Waals surface area contributed by atoms with Crippen LogP contribution in [0.2, 0.25) is 0 Å². The van der Waals surface area contributed by atoms with Crippen molar-refractivity contribution in [3.05, 3.63) is 12.2 Å². The molecule has 0 aromatic heterocycles. The standard InChI is InChI=1S/C33H64O4/c1-3-5-7-9-11-13-14-15-16-17-18-19-20-21-22-24-26-28-33(35)37-32(30-34)31-36-29-27-25-23-12-10-8-6-4-2/h15-16,32,34H,3-14,17-31H2,1-2H3/b16-15-. The number of allylic oxidation sites excluding steroid dienone is 2. The topological polar surface area (TPSA) is 55.8 Å². The lowest BCUT2D eigenvalue weighted by molar-refractivity contribution is -0.154. The molecular weight excluding hydrogens is 460 g/mol. The normalized spacial score (nSPS) is 12.4. The molecule has 220 valence electrons. The molecule has 0 amide bonds. The molecule has 0 fully saturated rings. The number of aliphatic hydroxyl groups excluding tert-OH is 1. The summed E-state index contributed by atoms with van der Waals surface area (Å²) in [5, 5.41) is 9.48. The van der Waals surface area contributed by atoms with Gasteiger partial charge in [-0.25, -0.2) is 0 Å².